The number of carbonyl (C=O) groups excluding carboxylic acids is 1. The maximum atomic E-state index is 12.7. The number of aromatic hydroxyl groups is 1. The van der Waals surface area contributed by atoms with Gasteiger partial charge in [0.1, 0.15) is 11.5 Å². The van der Waals surface area contributed by atoms with Crippen LogP contribution in [0.15, 0.2) is 12.1 Å². The summed E-state index contributed by atoms with van der Waals surface area (Å²) in [6.45, 7) is 7.37. The Kier molecular flexibility index (Phi) is 6.21. The predicted molar refractivity (Wildman–Crippen MR) is 117 cm³/mol. The maximum absolute atomic E-state index is 12.7. The summed E-state index contributed by atoms with van der Waals surface area (Å²) in [4.78, 5) is 12.7. The molecule has 0 aliphatic rings. The van der Waals surface area contributed by atoms with E-state index in [2.05, 4.69) is 67.8 Å². The molecule has 0 radical (unpaired) electrons. The lowest BCUT2D eigenvalue weighted by atomic mass is 9.98. The molecule has 2 rings (SSSR count). The van der Waals surface area contributed by atoms with Crippen LogP contribution in [0, 0.1) is 38.4 Å². The molecular weight excluding hydrogens is 633 g/mol. The maximum Gasteiger partial charge on any atom is 0.345 e. The van der Waals surface area contributed by atoms with E-state index >= 15 is 0 Å². The molecule has 3 nitrogen and oxygen atoms in total. The first-order valence-corrected chi connectivity index (χ1v) is 10.0. The topological polar surface area (TPSA) is 46.5 Å². The molecule has 23 heavy (non-hydrogen) atoms. The van der Waals surface area contributed by atoms with E-state index in [1.165, 1.54) is 0 Å². The number of rotatable bonds is 2. The number of hydrogen-bond donors (Lipinski definition) is 1. The molecule has 0 bridgehead atoms. The molecule has 0 spiro atoms. The normalized spacial score (nSPS) is 10.7. The second kappa shape index (κ2) is 7.42. The Balaban J connectivity index is 2.53. The fourth-order valence-electron chi connectivity index (χ4n) is 2.27. The molecule has 0 aromatic heterocycles. The highest BCUT2D eigenvalue weighted by atomic mass is 127. The molecule has 1 N–H and O–H groups in total. The van der Waals surface area contributed by atoms with E-state index in [4.69, 9.17) is 4.74 Å². The summed E-state index contributed by atoms with van der Waals surface area (Å²) in [5, 5.41) is 10.1. The van der Waals surface area contributed by atoms with Crippen molar-refractivity contribution in [2.75, 3.05) is 0 Å². The zero-order chi connectivity index (χ0) is 17.5. The molecule has 0 atom stereocenters. The van der Waals surface area contributed by atoms with E-state index in [1.54, 1.807) is 0 Å². The van der Waals surface area contributed by atoms with Gasteiger partial charge in [-0.3, -0.25) is 0 Å². The highest BCUT2D eigenvalue weighted by Gasteiger charge is 2.22. The summed E-state index contributed by atoms with van der Waals surface area (Å²) in [5.74, 6) is 0.430. The minimum Gasteiger partial charge on any atom is -0.507 e. The van der Waals surface area contributed by atoms with Crippen LogP contribution in [0.3, 0.4) is 0 Å². The third-order valence-corrected chi connectivity index (χ3v) is 7.91. The van der Waals surface area contributed by atoms with Gasteiger partial charge in [0.05, 0.1) is 5.56 Å². The quantitative estimate of drug-likeness (QED) is 0.198. The minimum atomic E-state index is -0.368. The van der Waals surface area contributed by atoms with E-state index in [-0.39, 0.29) is 11.7 Å². The van der Waals surface area contributed by atoms with Crippen molar-refractivity contribution >= 4 is 73.7 Å². The van der Waals surface area contributed by atoms with Crippen molar-refractivity contribution in [3.8, 4) is 11.5 Å². The average Bonchev–Trinajstić information content (AvgIpc) is 2.51. The van der Waals surface area contributed by atoms with Gasteiger partial charge in [0, 0.05) is 10.7 Å². The third-order valence-electron chi connectivity index (χ3n) is 3.96. The third kappa shape index (κ3) is 3.63. The summed E-state index contributed by atoms with van der Waals surface area (Å²) in [5.41, 5.74) is 3.63. The van der Waals surface area contributed by atoms with Crippen LogP contribution >= 0.6 is 67.8 Å². The molecule has 0 unspecified atom stereocenters. The van der Waals surface area contributed by atoms with Gasteiger partial charge in [-0.1, -0.05) is 0 Å². The van der Waals surface area contributed by atoms with Gasteiger partial charge in [-0.05, 0) is 130 Å². The van der Waals surface area contributed by atoms with Gasteiger partial charge < -0.3 is 9.84 Å². The van der Waals surface area contributed by atoms with Crippen LogP contribution in [0.1, 0.15) is 32.6 Å². The number of halogens is 3. The van der Waals surface area contributed by atoms with Crippen LogP contribution in [0.5, 0.6) is 11.5 Å². The fraction of sp³-hybridized carbons (Fsp3) is 0.235. The SMILES string of the molecule is Cc1c(C)c(OC(=O)c2c(I)ccc(I)c2I)c(C)c(C)c1O. The lowest BCUT2D eigenvalue weighted by Crippen LogP contribution is -2.15. The Hall–Kier alpha value is -0.100. The van der Waals surface area contributed by atoms with Crippen LogP contribution in [0.4, 0.5) is 0 Å². The van der Waals surface area contributed by atoms with Crippen molar-refractivity contribution in [3.05, 3.63) is 50.7 Å². The summed E-state index contributed by atoms with van der Waals surface area (Å²) in [6.07, 6.45) is 0. The highest BCUT2D eigenvalue weighted by Crippen LogP contribution is 2.37. The fourth-order valence-corrected chi connectivity index (χ4v) is 4.60. The Morgan fingerprint density at radius 1 is 0.913 bits per heavy atom. The lowest BCUT2D eigenvalue weighted by molar-refractivity contribution is 0.0729. The monoisotopic (exact) mass is 648 g/mol. The molecule has 2 aromatic carbocycles. The Labute approximate surface area is 176 Å². The van der Waals surface area contributed by atoms with Gasteiger partial charge in [0.15, 0.2) is 0 Å². The summed E-state index contributed by atoms with van der Waals surface area (Å²) in [7, 11) is 0. The van der Waals surface area contributed by atoms with Crippen molar-refractivity contribution in [1.82, 2.24) is 0 Å². The van der Waals surface area contributed by atoms with Crippen molar-refractivity contribution in [3.63, 3.8) is 0 Å². The van der Waals surface area contributed by atoms with E-state index in [1.807, 2.05) is 39.8 Å². The second-order valence-corrected chi connectivity index (χ2v) is 8.69. The molecule has 0 saturated carbocycles. The summed E-state index contributed by atoms with van der Waals surface area (Å²) >= 11 is 6.53. The molecule has 0 amide bonds. The zero-order valence-corrected chi connectivity index (χ0v) is 19.5. The van der Waals surface area contributed by atoms with Crippen LogP contribution in [0.2, 0.25) is 0 Å². The first-order chi connectivity index (χ1) is 10.7. The zero-order valence-electron chi connectivity index (χ0n) is 13.1. The van der Waals surface area contributed by atoms with E-state index in [0.29, 0.717) is 11.3 Å². The van der Waals surface area contributed by atoms with Gasteiger partial charge in [0.25, 0.3) is 0 Å². The van der Waals surface area contributed by atoms with Crippen molar-refractivity contribution in [1.29, 1.82) is 0 Å². The largest absolute Gasteiger partial charge is 0.507 e. The highest BCUT2D eigenvalue weighted by molar-refractivity contribution is 14.1. The van der Waals surface area contributed by atoms with Crippen molar-refractivity contribution < 1.29 is 14.6 Å². The smallest absolute Gasteiger partial charge is 0.345 e. The molecule has 0 saturated heterocycles. The van der Waals surface area contributed by atoms with E-state index in [9.17, 15) is 9.90 Å². The Bertz CT molecular complexity index is 784. The Morgan fingerprint density at radius 2 is 1.39 bits per heavy atom. The van der Waals surface area contributed by atoms with Gasteiger partial charge >= 0.3 is 5.97 Å². The van der Waals surface area contributed by atoms with Gasteiger partial charge in [-0.25, -0.2) is 4.79 Å². The first kappa shape index (κ1) is 19.2. The lowest BCUT2D eigenvalue weighted by Gasteiger charge is -2.17. The van der Waals surface area contributed by atoms with Gasteiger partial charge in [-0.15, -0.1) is 0 Å². The number of carbonyl (C=O) groups is 1. The van der Waals surface area contributed by atoms with Gasteiger partial charge in [-0.2, -0.15) is 0 Å². The van der Waals surface area contributed by atoms with Crippen LogP contribution in [-0.4, -0.2) is 11.1 Å². The number of benzene rings is 2. The average molecular weight is 648 g/mol. The molecule has 0 aliphatic heterocycles. The summed E-state index contributed by atoms with van der Waals surface area (Å²) in [6, 6.07) is 3.89. The number of esters is 1. The number of hydrogen-bond acceptors (Lipinski definition) is 3. The first-order valence-electron chi connectivity index (χ1n) is 6.81. The van der Waals surface area contributed by atoms with Crippen LogP contribution < -0.4 is 4.74 Å². The van der Waals surface area contributed by atoms with Crippen LogP contribution in [0.25, 0.3) is 0 Å². The molecule has 0 heterocycles. The summed E-state index contributed by atoms with van der Waals surface area (Å²) < 4.78 is 8.50. The standard InChI is InChI=1S/C17H15I3O3/c1-7-9(3)16(10(4)8(2)15(7)21)23-17(22)13-11(18)5-6-12(19)14(13)20/h5-6,21H,1-4H3. The van der Waals surface area contributed by atoms with Crippen LogP contribution in [-0.2, 0) is 0 Å². The Morgan fingerprint density at radius 3 is 1.91 bits per heavy atom. The predicted octanol–water partition coefficient (Wildman–Crippen LogP) is 5.66. The van der Waals surface area contributed by atoms with E-state index in [0.717, 1.165) is 33.0 Å². The minimum absolute atomic E-state index is 0.262. The number of ether oxygens (including phenoxy) is 1. The molecule has 2 aromatic rings. The van der Waals surface area contributed by atoms with Gasteiger partial charge in [0.2, 0.25) is 0 Å². The molecular formula is C17H15I3O3. The molecule has 6 heteroatoms. The number of phenolic OH excluding ortho intramolecular Hbond substituents is 1. The number of phenols is 1. The molecule has 122 valence electrons. The van der Waals surface area contributed by atoms with Crippen molar-refractivity contribution in [2.24, 2.45) is 0 Å². The van der Waals surface area contributed by atoms with E-state index < -0.39 is 0 Å². The molecule has 0 fully saturated rings. The second-order valence-electron chi connectivity index (χ2n) is 5.29. The van der Waals surface area contributed by atoms with Crippen molar-refractivity contribution in [2.45, 2.75) is 27.7 Å². The molecule has 0 aliphatic carbocycles.